The van der Waals surface area contributed by atoms with Gasteiger partial charge in [-0.3, -0.25) is 14.4 Å². The second-order valence-corrected chi connectivity index (χ2v) is 7.53. The Hall–Kier alpha value is -3.93. The van der Waals surface area contributed by atoms with Gasteiger partial charge in [0.25, 0.3) is 11.8 Å². The molecule has 1 aliphatic heterocycles. The fourth-order valence-electron chi connectivity index (χ4n) is 3.82. The topological polar surface area (TPSA) is 92.5 Å². The molecule has 0 aliphatic carbocycles. The van der Waals surface area contributed by atoms with Crippen LogP contribution in [-0.4, -0.2) is 35.2 Å². The van der Waals surface area contributed by atoms with Gasteiger partial charge in [0.2, 0.25) is 5.91 Å². The van der Waals surface area contributed by atoms with Crippen LogP contribution in [0.3, 0.4) is 0 Å². The van der Waals surface area contributed by atoms with Gasteiger partial charge < -0.3 is 16.0 Å². The number of rotatable bonds is 5. The highest BCUT2D eigenvalue weighted by Crippen LogP contribution is 2.22. The third-order valence-electron chi connectivity index (χ3n) is 5.49. The standard InChI is InChI=1S/C25H23N3O3/c26-23(29)22-7-4-16-28(22)25(31)20-12-14-21(15-13-20)27-24(30)19-10-8-18(9-11-19)17-5-2-1-3-6-17/h1-3,5-6,8-15,22H,4,7,16H2,(H2,26,29)(H,27,30)/t22-/m0/s1. The number of nitrogens with one attached hydrogen (secondary N) is 1. The van der Waals surface area contributed by atoms with Gasteiger partial charge in [0.05, 0.1) is 0 Å². The molecule has 31 heavy (non-hydrogen) atoms. The Morgan fingerprint density at radius 2 is 1.42 bits per heavy atom. The molecule has 1 fully saturated rings. The molecule has 1 atom stereocenters. The van der Waals surface area contributed by atoms with Gasteiger partial charge in [-0.25, -0.2) is 0 Å². The summed E-state index contributed by atoms with van der Waals surface area (Å²) in [5.74, 6) is -0.935. The van der Waals surface area contributed by atoms with Crippen molar-refractivity contribution in [2.75, 3.05) is 11.9 Å². The molecule has 1 heterocycles. The zero-order chi connectivity index (χ0) is 21.8. The lowest BCUT2D eigenvalue weighted by Gasteiger charge is -2.22. The largest absolute Gasteiger partial charge is 0.368 e. The Balaban J connectivity index is 1.41. The van der Waals surface area contributed by atoms with Gasteiger partial charge in [0.15, 0.2) is 0 Å². The lowest BCUT2D eigenvalue weighted by atomic mass is 10.0. The average molecular weight is 413 g/mol. The van der Waals surface area contributed by atoms with E-state index >= 15 is 0 Å². The smallest absolute Gasteiger partial charge is 0.255 e. The van der Waals surface area contributed by atoms with Gasteiger partial charge in [-0.1, -0.05) is 42.5 Å². The number of primary amides is 1. The van der Waals surface area contributed by atoms with Crippen molar-refractivity contribution in [3.63, 3.8) is 0 Å². The van der Waals surface area contributed by atoms with Crippen LogP contribution in [-0.2, 0) is 4.79 Å². The summed E-state index contributed by atoms with van der Waals surface area (Å²) in [6, 6.07) is 23.4. The van der Waals surface area contributed by atoms with Crippen LogP contribution in [0.2, 0.25) is 0 Å². The second-order valence-electron chi connectivity index (χ2n) is 7.53. The van der Waals surface area contributed by atoms with E-state index < -0.39 is 11.9 Å². The summed E-state index contributed by atoms with van der Waals surface area (Å²) in [4.78, 5) is 38.3. The van der Waals surface area contributed by atoms with Crippen LogP contribution in [0.15, 0.2) is 78.9 Å². The molecule has 0 aromatic heterocycles. The molecule has 3 aromatic rings. The van der Waals surface area contributed by atoms with Gasteiger partial charge in [-0.2, -0.15) is 0 Å². The summed E-state index contributed by atoms with van der Waals surface area (Å²) in [5.41, 5.74) is 9.11. The van der Waals surface area contributed by atoms with Crippen molar-refractivity contribution < 1.29 is 14.4 Å². The summed E-state index contributed by atoms with van der Waals surface area (Å²) in [7, 11) is 0. The number of carbonyl (C=O) groups is 3. The fourth-order valence-corrected chi connectivity index (χ4v) is 3.82. The summed E-state index contributed by atoms with van der Waals surface area (Å²) in [5, 5.41) is 2.84. The van der Waals surface area contributed by atoms with Crippen LogP contribution in [0.4, 0.5) is 5.69 Å². The van der Waals surface area contributed by atoms with Gasteiger partial charge in [-0.15, -0.1) is 0 Å². The summed E-state index contributed by atoms with van der Waals surface area (Å²) in [6.45, 7) is 0.518. The number of hydrogen-bond donors (Lipinski definition) is 2. The minimum absolute atomic E-state index is 0.226. The third-order valence-corrected chi connectivity index (χ3v) is 5.49. The first-order chi connectivity index (χ1) is 15.0. The minimum Gasteiger partial charge on any atom is -0.368 e. The lowest BCUT2D eigenvalue weighted by Crippen LogP contribution is -2.43. The van der Waals surface area contributed by atoms with E-state index in [1.807, 2.05) is 42.5 Å². The van der Waals surface area contributed by atoms with Crippen molar-refractivity contribution in [2.45, 2.75) is 18.9 Å². The Morgan fingerprint density at radius 3 is 2.06 bits per heavy atom. The van der Waals surface area contributed by atoms with E-state index in [9.17, 15) is 14.4 Å². The van der Waals surface area contributed by atoms with Crippen LogP contribution < -0.4 is 11.1 Å². The number of amides is 3. The maximum Gasteiger partial charge on any atom is 0.255 e. The zero-order valence-electron chi connectivity index (χ0n) is 17.0. The van der Waals surface area contributed by atoms with Crippen molar-refractivity contribution in [1.82, 2.24) is 4.90 Å². The van der Waals surface area contributed by atoms with Crippen molar-refractivity contribution in [3.05, 3.63) is 90.0 Å². The van der Waals surface area contributed by atoms with Crippen molar-refractivity contribution in [2.24, 2.45) is 5.73 Å². The van der Waals surface area contributed by atoms with Crippen LogP contribution in [0, 0.1) is 0 Å². The number of nitrogens with zero attached hydrogens (tertiary/aromatic N) is 1. The fraction of sp³-hybridized carbons (Fsp3) is 0.160. The molecule has 6 heteroatoms. The van der Waals surface area contributed by atoms with Gasteiger partial charge in [0.1, 0.15) is 6.04 Å². The van der Waals surface area contributed by atoms with Gasteiger partial charge in [0, 0.05) is 23.4 Å². The van der Waals surface area contributed by atoms with E-state index in [-0.39, 0.29) is 11.8 Å². The maximum atomic E-state index is 12.7. The molecule has 0 unspecified atom stereocenters. The van der Waals surface area contributed by atoms with E-state index in [1.54, 1.807) is 36.4 Å². The Kier molecular flexibility index (Phi) is 5.80. The molecule has 6 nitrogen and oxygen atoms in total. The van der Waals surface area contributed by atoms with Gasteiger partial charge >= 0.3 is 0 Å². The molecule has 1 saturated heterocycles. The summed E-state index contributed by atoms with van der Waals surface area (Å²) < 4.78 is 0. The number of hydrogen-bond acceptors (Lipinski definition) is 3. The van der Waals surface area contributed by atoms with E-state index in [2.05, 4.69) is 5.32 Å². The Morgan fingerprint density at radius 1 is 0.806 bits per heavy atom. The molecule has 156 valence electrons. The number of benzene rings is 3. The highest BCUT2D eigenvalue weighted by atomic mass is 16.2. The average Bonchev–Trinajstić information content (AvgIpc) is 3.30. The molecule has 3 N–H and O–H groups in total. The minimum atomic E-state index is -0.550. The van der Waals surface area contributed by atoms with E-state index in [1.165, 1.54) is 4.90 Å². The molecule has 4 rings (SSSR count). The first kappa shape index (κ1) is 20.3. The van der Waals surface area contributed by atoms with E-state index in [0.29, 0.717) is 29.8 Å². The number of carbonyl (C=O) groups excluding carboxylic acids is 3. The van der Waals surface area contributed by atoms with Crippen molar-refractivity contribution in [1.29, 1.82) is 0 Å². The summed E-state index contributed by atoms with van der Waals surface area (Å²) >= 11 is 0. The summed E-state index contributed by atoms with van der Waals surface area (Å²) in [6.07, 6.45) is 1.36. The molecule has 0 bridgehead atoms. The van der Waals surface area contributed by atoms with Crippen molar-refractivity contribution in [3.8, 4) is 11.1 Å². The molecule has 0 spiro atoms. The number of likely N-dealkylation sites (tertiary alicyclic amines) is 1. The maximum absolute atomic E-state index is 12.7. The SMILES string of the molecule is NC(=O)[C@@H]1CCCN1C(=O)c1ccc(NC(=O)c2ccc(-c3ccccc3)cc2)cc1. The molecular weight excluding hydrogens is 390 g/mol. The normalized spacial score (nSPS) is 15.5. The van der Waals surface area contributed by atoms with Gasteiger partial charge in [-0.05, 0) is 60.4 Å². The highest BCUT2D eigenvalue weighted by Gasteiger charge is 2.33. The highest BCUT2D eigenvalue weighted by molar-refractivity contribution is 6.05. The molecule has 3 aromatic carbocycles. The van der Waals surface area contributed by atoms with Crippen LogP contribution in [0.5, 0.6) is 0 Å². The first-order valence-electron chi connectivity index (χ1n) is 10.2. The van der Waals surface area contributed by atoms with Crippen LogP contribution >= 0.6 is 0 Å². The predicted octanol–water partition coefficient (Wildman–Crippen LogP) is 3.70. The molecule has 0 saturated carbocycles. The quantitative estimate of drug-likeness (QED) is 0.668. The monoisotopic (exact) mass is 413 g/mol. The lowest BCUT2D eigenvalue weighted by molar-refractivity contribution is -0.121. The van der Waals surface area contributed by atoms with E-state index in [0.717, 1.165) is 17.5 Å². The van der Waals surface area contributed by atoms with Crippen LogP contribution in [0.1, 0.15) is 33.6 Å². The molecule has 3 amide bonds. The third kappa shape index (κ3) is 4.48. The van der Waals surface area contributed by atoms with E-state index in [4.69, 9.17) is 5.73 Å². The molecule has 1 aliphatic rings. The second kappa shape index (κ2) is 8.83. The molecule has 0 radical (unpaired) electrons. The number of anilines is 1. The Labute approximate surface area is 180 Å². The Bertz CT molecular complexity index is 1090. The van der Waals surface area contributed by atoms with Crippen molar-refractivity contribution >= 4 is 23.4 Å². The number of nitrogens with two attached hydrogens (primary N) is 1. The first-order valence-corrected chi connectivity index (χ1v) is 10.2. The zero-order valence-corrected chi connectivity index (χ0v) is 17.0. The predicted molar refractivity (Wildman–Crippen MR) is 120 cm³/mol. The molecular formula is C25H23N3O3. The van der Waals surface area contributed by atoms with Crippen LogP contribution in [0.25, 0.3) is 11.1 Å².